The summed E-state index contributed by atoms with van der Waals surface area (Å²) in [5, 5.41) is 0. The smallest absolute Gasteiger partial charge is 0.462 e. The summed E-state index contributed by atoms with van der Waals surface area (Å²) in [5.74, 6) is -0.933. The standard InChI is InChI=1S/C43H75O8P/c1-3-5-7-9-11-13-15-17-19-20-21-22-24-25-27-29-31-33-35-37-42(44)49-39-41(40-50-52(46,47)48)51-43(45)38-36-34-32-30-28-26-23-18-16-14-12-10-8-6-4-2/h11,13,17-19,21-23,25,27,41H,3-10,12,14-16,20,24,26,28-40H2,1-2H3,(H2,46,47,48)/b13-11+,19-17+,22-21+,23-18+,27-25+/t41-/m1/s1. The van der Waals surface area contributed by atoms with Gasteiger partial charge in [-0.1, -0.05) is 145 Å². The molecule has 0 fully saturated rings. The van der Waals surface area contributed by atoms with Gasteiger partial charge in [-0.25, -0.2) is 4.57 Å². The van der Waals surface area contributed by atoms with Gasteiger partial charge in [0.15, 0.2) is 6.10 Å². The van der Waals surface area contributed by atoms with Crippen molar-refractivity contribution in [3.05, 3.63) is 60.8 Å². The van der Waals surface area contributed by atoms with Crippen molar-refractivity contribution in [2.45, 2.75) is 187 Å². The van der Waals surface area contributed by atoms with Crippen LogP contribution in [-0.4, -0.2) is 41.0 Å². The fourth-order valence-electron chi connectivity index (χ4n) is 5.41. The number of carbonyl (C=O) groups excluding carboxylic acids is 2. The SMILES string of the molecule is CCCCC/C=C/C/C=C/C/C=C/C/C=C/CCCCCC(=O)OC[C@H](COP(=O)(O)O)OC(=O)CCCCCCC/C=C/CCCCCCCC. The normalized spacial score (nSPS) is 13.1. The molecule has 0 heterocycles. The lowest BCUT2D eigenvalue weighted by Gasteiger charge is -2.18. The maximum atomic E-state index is 12.4. The Bertz CT molecular complexity index is 1030. The number of rotatable bonds is 37. The number of allylic oxidation sites excluding steroid dienone is 10. The van der Waals surface area contributed by atoms with Crippen LogP contribution >= 0.6 is 7.82 Å². The molecule has 0 aliphatic heterocycles. The molecule has 0 amide bonds. The van der Waals surface area contributed by atoms with Gasteiger partial charge in [0.2, 0.25) is 0 Å². The molecule has 0 aromatic carbocycles. The summed E-state index contributed by atoms with van der Waals surface area (Å²) in [7, 11) is -4.76. The van der Waals surface area contributed by atoms with Gasteiger partial charge in [-0.2, -0.15) is 0 Å². The molecule has 0 saturated carbocycles. The molecular formula is C43H75O8P. The van der Waals surface area contributed by atoms with Crippen molar-refractivity contribution in [2.75, 3.05) is 13.2 Å². The van der Waals surface area contributed by atoms with Gasteiger partial charge in [0, 0.05) is 12.8 Å². The summed E-state index contributed by atoms with van der Waals surface area (Å²) >= 11 is 0. The first-order valence-corrected chi connectivity index (χ1v) is 22.1. The van der Waals surface area contributed by atoms with Gasteiger partial charge in [-0.3, -0.25) is 14.1 Å². The zero-order valence-electron chi connectivity index (χ0n) is 32.9. The Morgan fingerprint density at radius 3 is 1.37 bits per heavy atom. The number of phosphoric acid groups is 1. The van der Waals surface area contributed by atoms with Crippen LogP contribution in [0.3, 0.4) is 0 Å². The van der Waals surface area contributed by atoms with Gasteiger partial charge in [-0.15, -0.1) is 0 Å². The summed E-state index contributed by atoms with van der Waals surface area (Å²) in [4.78, 5) is 42.8. The molecule has 0 unspecified atom stereocenters. The Hall–Kier alpha value is -2.25. The highest BCUT2D eigenvalue weighted by Crippen LogP contribution is 2.36. The van der Waals surface area contributed by atoms with Crippen molar-refractivity contribution in [2.24, 2.45) is 0 Å². The first-order valence-electron chi connectivity index (χ1n) is 20.6. The minimum absolute atomic E-state index is 0.192. The molecule has 0 spiro atoms. The predicted molar refractivity (Wildman–Crippen MR) is 216 cm³/mol. The van der Waals surface area contributed by atoms with Crippen LogP contribution in [-0.2, 0) is 28.2 Å². The highest BCUT2D eigenvalue weighted by Gasteiger charge is 2.22. The largest absolute Gasteiger partial charge is 0.469 e. The van der Waals surface area contributed by atoms with Crippen LogP contribution in [0.5, 0.6) is 0 Å². The molecule has 0 radical (unpaired) electrons. The lowest BCUT2D eigenvalue weighted by Crippen LogP contribution is -2.29. The van der Waals surface area contributed by atoms with E-state index in [1.54, 1.807) is 0 Å². The van der Waals surface area contributed by atoms with Crippen molar-refractivity contribution < 1.29 is 37.9 Å². The van der Waals surface area contributed by atoms with Crippen LogP contribution in [0, 0.1) is 0 Å². The van der Waals surface area contributed by atoms with E-state index < -0.39 is 32.5 Å². The van der Waals surface area contributed by atoms with Crippen LogP contribution in [0.1, 0.15) is 181 Å². The highest BCUT2D eigenvalue weighted by atomic mass is 31.2. The lowest BCUT2D eigenvalue weighted by atomic mass is 10.1. The number of carbonyl (C=O) groups is 2. The van der Waals surface area contributed by atoms with Crippen LogP contribution in [0.15, 0.2) is 60.8 Å². The lowest BCUT2D eigenvalue weighted by molar-refractivity contribution is -0.161. The van der Waals surface area contributed by atoms with Crippen molar-refractivity contribution >= 4 is 19.8 Å². The number of phosphoric ester groups is 1. The Balaban J connectivity index is 4.02. The van der Waals surface area contributed by atoms with E-state index in [0.717, 1.165) is 70.6 Å². The van der Waals surface area contributed by atoms with E-state index in [1.807, 2.05) is 0 Å². The number of hydrogen-bond acceptors (Lipinski definition) is 6. The average Bonchev–Trinajstić information content (AvgIpc) is 3.11. The summed E-state index contributed by atoms with van der Waals surface area (Å²) in [5.41, 5.74) is 0. The van der Waals surface area contributed by atoms with Gasteiger partial charge in [0.25, 0.3) is 0 Å². The number of unbranched alkanes of at least 4 members (excludes halogenated alkanes) is 17. The molecule has 52 heavy (non-hydrogen) atoms. The third-order valence-electron chi connectivity index (χ3n) is 8.51. The predicted octanol–water partition coefficient (Wildman–Crippen LogP) is 12.5. The minimum atomic E-state index is -4.76. The van der Waals surface area contributed by atoms with Crippen LogP contribution in [0.2, 0.25) is 0 Å². The maximum absolute atomic E-state index is 12.4. The molecule has 0 aromatic rings. The summed E-state index contributed by atoms with van der Waals surface area (Å²) in [6.45, 7) is 3.61. The Morgan fingerprint density at radius 1 is 0.500 bits per heavy atom. The highest BCUT2D eigenvalue weighted by molar-refractivity contribution is 7.46. The van der Waals surface area contributed by atoms with E-state index in [0.29, 0.717) is 12.8 Å². The molecule has 0 aliphatic rings. The monoisotopic (exact) mass is 751 g/mol. The van der Waals surface area contributed by atoms with Crippen molar-refractivity contribution in [3.63, 3.8) is 0 Å². The second-order valence-electron chi connectivity index (χ2n) is 13.6. The Labute approximate surface area is 317 Å². The van der Waals surface area contributed by atoms with Crippen molar-refractivity contribution in [1.29, 1.82) is 0 Å². The van der Waals surface area contributed by atoms with E-state index in [-0.39, 0.29) is 19.4 Å². The number of ether oxygens (including phenoxy) is 2. The number of esters is 2. The van der Waals surface area contributed by atoms with Gasteiger partial charge < -0.3 is 19.3 Å². The third-order valence-corrected chi connectivity index (χ3v) is 8.99. The summed E-state index contributed by atoms with van der Waals surface area (Å²) < 4.78 is 26.3. The number of hydrogen-bond donors (Lipinski definition) is 2. The molecule has 0 aliphatic carbocycles. The second kappa shape index (κ2) is 38.5. The zero-order valence-corrected chi connectivity index (χ0v) is 33.8. The molecule has 8 nitrogen and oxygen atoms in total. The molecule has 9 heteroatoms. The van der Waals surface area contributed by atoms with E-state index in [4.69, 9.17) is 19.3 Å². The molecule has 300 valence electrons. The van der Waals surface area contributed by atoms with E-state index in [9.17, 15) is 14.2 Å². The van der Waals surface area contributed by atoms with Gasteiger partial charge in [-0.05, 0) is 83.5 Å². The molecule has 0 saturated heterocycles. The van der Waals surface area contributed by atoms with E-state index in [1.165, 1.54) is 70.6 Å². The minimum Gasteiger partial charge on any atom is -0.462 e. The van der Waals surface area contributed by atoms with Gasteiger partial charge >= 0.3 is 19.8 Å². The zero-order chi connectivity index (χ0) is 38.2. The van der Waals surface area contributed by atoms with Crippen LogP contribution in [0.25, 0.3) is 0 Å². The van der Waals surface area contributed by atoms with Crippen molar-refractivity contribution in [1.82, 2.24) is 0 Å². The topological polar surface area (TPSA) is 119 Å². The Kier molecular flexibility index (Phi) is 36.8. The van der Waals surface area contributed by atoms with Crippen LogP contribution in [0.4, 0.5) is 0 Å². The Morgan fingerprint density at radius 2 is 0.865 bits per heavy atom. The first kappa shape index (κ1) is 49.8. The summed E-state index contributed by atoms with van der Waals surface area (Å²) in [6.07, 6.45) is 47.9. The molecule has 2 N–H and O–H groups in total. The second-order valence-corrected chi connectivity index (χ2v) is 14.8. The third kappa shape index (κ3) is 40.5. The molecule has 0 bridgehead atoms. The van der Waals surface area contributed by atoms with Crippen molar-refractivity contribution in [3.8, 4) is 0 Å². The van der Waals surface area contributed by atoms with Crippen LogP contribution < -0.4 is 0 Å². The average molecular weight is 751 g/mol. The fourth-order valence-corrected chi connectivity index (χ4v) is 5.77. The van der Waals surface area contributed by atoms with E-state index in [2.05, 4.69) is 79.1 Å². The maximum Gasteiger partial charge on any atom is 0.469 e. The summed E-state index contributed by atoms with van der Waals surface area (Å²) in [6, 6.07) is 0. The molecule has 0 rings (SSSR count). The molecular weight excluding hydrogens is 675 g/mol. The van der Waals surface area contributed by atoms with E-state index >= 15 is 0 Å². The van der Waals surface area contributed by atoms with Gasteiger partial charge in [0.05, 0.1) is 6.61 Å². The quantitative estimate of drug-likeness (QED) is 0.0279. The molecule has 1 atom stereocenters. The fraction of sp³-hybridized carbons (Fsp3) is 0.721. The van der Waals surface area contributed by atoms with Gasteiger partial charge in [0.1, 0.15) is 6.61 Å². The first-order chi connectivity index (χ1) is 25.3. The molecule has 0 aromatic heterocycles.